The molecule has 0 saturated carbocycles. The summed E-state index contributed by atoms with van der Waals surface area (Å²) in [6.45, 7) is 2.37. The quantitative estimate of drug-likeness (QED) is 0.811. The second kappa shape index (κ2) is 8.81. The van der Waals surface area contributed by atoms with E-state index >= 15 is 0 Å². The topological polar surface area (TPSA) is 53.5 Å². The Kier molecular flexibility index (Phi) is 6.23. The average molecular weight is 372 g/mol. The Morgan fingerprint density at radius 2 is 1.58 bits per heavy atom. The smallest absolute Gasteiger partial charge is 0.227 e. The molecule has 0 radical (unpaired) electrons. The van der Waals surface area contributed by atoms with E-state index in [0.717, 1.165) is 11.1 Å². The predicted octanol–water partition coefficient (Wildman–Crippen LogP) is 2.58. The van der Waals surface area contributed by atoms with Gasteiger partial charge in [0.2, 0.25) is 11.8 Å². The minimum atomic E-state index is 0.0924. The Hall–Kier alpha value is -2.40. The molecule has 2 aromatic rings. The molecule has 3 rings (SSSR count). The molecule has 1 aromatic heterocycles. The largest absolute Gasteiger partial charge is 0.339 e. The first-order chi connectivity index (χ1) is 12.6. The standard InChI is InChI=1S/C20H22ClN3O2/c21-18-6-3-16(4-7-18)14-20(26)24-12-10-23(11-13-24)19(25)8-5-17-2-1-9-22-15-17/h1-4,6-7,9,15H,5,8,10-14H2. The Morgan fingerprint density at radius 3 is 2.19 bits per heavy atom. The maximum absolute atomic E-state index is 12.4. The van der Waals surface area contributed by atoms with E-state index in [1.54, 1.807) is 24.5 Å². The lowest BCUT2D eigenvalue weighted by Crippen LogP contribution is -2.51. The molecule has 0 atom stereocenters. The lowest BCUT2D eigenvalue weighted by atomic mass is 10.1. The van der Waals surface area contributed by atoms with Crippen LogP contribution in [0.2, 0.25) is 5.02 Å². The van der Waals surface area contributed by atoms with E-state index in [0.29, 0.717) is 50.5 Å². The maximum atomic E-state index is 12.4. The van der Waals surface area contributed by atoms with Gasteiger partial charge in [0, 0.05) is 50.0 Å². The summed E-state index contributed by atoms with van der Waals surface area (Å²) in [4.78, 5) is 32.5. The first-order valence-electron chi connectivity index (χ1n) is 8.81. The van der Waals surface area contributed by atoms with Gasteiger partial charge in [-0.15, -0.1) is 0 Å². The Balaban J connectivity index is 1.43. The number of pyridine rings is 1. The van der Waals surface area contributed by atoms with Crippen LogP contribution in [0.3, 0.4) is 0 Å². The third-order valence-corrected chi connectivity index (χ3v) is 4.86. The van der Waals surface area contributed by atoms with E-state index < -0.39 is 0 Å². The van der Waals surface area contributed by atoms with Gasteiger partial charge in [-0.1, -0.05) is 29.8 Å². The van der Waals surface area contributed by atoms with Gasteiger partial charge in [-0.05, 0) is 35.7 Å². The number of hydrogen-bond acceptors (Lipinski definition) is 3. The zero-order valence-electron chi connectivity index (χ0n) is 14.6. The summed E-state index contributed by atoms with van der Waals surface area (Å²) in [5.74, 6) is 0.230. The lowest BCUT2D eigenvalue weighted by molar-refractivity contribution is -0.139. The van der Waals surface area contributed by atoms with E-state index in [1.165, 1.54) is 0 Å². The summed E-state index contributed by atoms with van der Waals surface area (Å²) in [6.07, 6.45) is 5.06. The summed E-state index contributed by atoms with van der Waals surface area (Å²) >= 11 is 5.87. The molecular formula is C20H22ClN3O2. The molecule has 0 bridgehead atoms. The van der Waals surface area contributed by atoms with Gasteiger partial charge in [0.1, 0.15) is 0 Å². The van der Waals surface area contributed by atoms with Crippen molar-refractivity contribution in [3.8, 4) is 0 Å². The first-order valence-corrected chi connectivity index (χ1v) is 9.18. The maximum Gasteiger partial charge on any atom is 0.227 e. The van der Waals surface area contributed by atoms with Crippen molar-refractivity contribution in [2.45, 2.75) is 19.3 Å². The van der Waals surface area contributed by atoms with Crippen LogP contribution in [0, 0.1) is 0 Å². The molecule has 0 aliphatic carbocycles. The molecule has 26 heavy (non-hydrogen) atoms. The van der Waals surface area contributed by atoms with Gasteiger partial charge in [0.15, 0.2) is 0 Å². The van der Waals surface area contributed by atoms with Crippen LogP contribution in [-0.2, 0) is 22.4 Å². The van der Waals surface area contributed by atoms with Crippen LogP contribution >= 0.6 is 11.6 Å². The molecule has 0 unspecified atom stereocenters. The Bertz CT molecular complexity index is 741. The molecule has 1 fully saturated rings. The van der Waals surface area contributed by atoms with Gasteiger partial charge in [0.25, 0.3) is 0 Å². The third-order valence-electron chi connectivity index (χ3n) is 4.60. The summed E-state index contributed by atoms with van der Waals surface area (Å²) < 4.78 is 0. The van der Waals surface area contributed by atoms with Crippen molar-refractivity contribution >= 4 is 23.4 Å². The highest BCUT2D eigenvalue weighted by Crippen LogP contribution is 2.12. The molecule has 2 amide bonds. The van der Waals surface area contributed by atoms with Gasteiger partial charge < -0.3 is 9.80 Å². The second-order valence-corrected chi connectivity index (χ2v) is 6.86. The van der Waals surface area contributed by atoms with Gasteiger partial charge in [-0.3, -0.25) is 14.6 Å². The molecule has 136 valence electrons. The number of carbonyl (C=O) groups is 2. The highest BCUT2D eigenvalue weighted by Gasteiger charge is 2.23. The van der Waals surface area contributed by atoms with Crippen molar-refractivity contribution < 1.29 is 9.59 Å². The van der Waals surface area contributed by atoms with E-state index in [1.807, 2.05) is 34.1 Å². The highest BCUT2D eigenvalue weighted by molar-refractivity contribution is 6.30. The zero-order valence-corrected chi connectivity index (χ0v) is 15.4. The minimum Gasteiger partial charge on any atom is -0.339 e. The first kappa shape index (κ1) is 18.4. The van der Waals surface area contributed by atoms with E-state index in [4.69, 9.17) is 11.6 Å². The van der Waals surface area contributed by atoms with Crippen LogP contribution in [0.1, 0.15) is 17.5 Å². The number of rotatable bonds is 5. The number of nitrogens with zero attached hydrogens (tertiary/aromatic N) is 3. The van der Waals surface area contributed by atoms with Crippen LogP contribution < -0.4 is 0 Å². The fourth-order valence-corrected chi connectivity index (χ4v) is 3.18. The van der Waals surface area contributed by atoms with Gasteiger partial charge >= 0.3 is 0 Å². The SMILES string of the molecule is O=C(CCc1cccnc1)N1CCN(C(=O)Cc2ccc(Cl)cc2)CC1. The molecular weight excluding hydrogens is 350 g/mol. The number of piperazine rings is 1. The average Bonchev–Trinajstić information content (AvgIpc) is 2.69. The van der Waals surface area contributed by atoms with E-state index in [9.17, 15) is 9.59 Å². The number of benzene rings is 1. The monoisotopic (exact) mass is 371 g/mol. The molecule has 1 aromatic carbocycles. The van der Waals surface area contributed by atoms with Crippen LogP contribution in [0.5, 0.6) is 0 Å². The number of hydrogen-bond donors (Lipinski definition) is 0. The Labute approximate surface area is 158 Å². The molecule has 0 N–H and O–H groups in total. The summed E-state index contributed by atoms with van der Waals surface area (Å²) in [5.41, 5.74) is 2.02. The highest BCUT2D eigenvalue weighted by atomic mass is 35.5. The number of aryl methyl sites for hydroxylation is 1. The molecule has 6 heteroatoms. The van der Waals surface area contributed by atoms with Crippen LogP contribution in [-0.4, -0.2) is 52.8 Å². The second-order valence-electron chi connectivity index (χ2n) is 6.43. The third kappa shape index (κ3) is 5.05. The molecule has 0 spiro atoms. The number of halogens is 1. The normalized spacial score (nSPS) is 14.3. The van der Waals surface area contributed by atoms with Crippen molar-refractivity contribution in [1.29, 1.82) is 0 Å². The summed E-state index contributed by atoms with van der Waals surface area (Å²) in [7, 11) is 0. The van der Waals surface area contributed by atoms with Crippen molar-refractivity contribution in [2.75, 3.05) is 26.2 Å². The van der Waals surface area contributed by atoms with E-state index in [2.05, 4.69) is 4.98 Å². The lowest BCUT2D eigenvalue weighted by Gasteiger charge is -2.35. The van der Waals surface area contributed by atoms with Crippen LogP contribution in [0.4, 0.5) is 0 Å². The molecule has 5 nitrogen and oxygen atoms in total. The van der Waals surface area contributed by atoms with Crippen LogP contribution in [0.25, 0.3) is 0 Å². The van der Waals surface area contributed by atoms with E-state index in [-0.39, 0.29) is 11.8 Å². The van der Waals surface area contributed by atoms with Crippen molar-refractivity contribution in [3.05, 3.63) is 64.9 Å². The van der Waals surface area contributed by atoms with Gasteiger partial charge in [-0.2, -0.15) is 0 Å². The fourth-order valence-electron chi connectivity index (χ4n) is 3.05. The van der Waals surface area contributed by atoms with Gasteiger partial charge in [-0.25, -0.2) is 0 Å². The minimum absolute atomic E-state index is 0.0924. The van der Waals surface area contributed by atoms with Crippen molar-refractivity contribution in [1.82, 2.24) is 14.8 Å². The zero-order chi connectivity index (χ0) is 18.4. The molecule has 1 aliphatic rings. The number of carbonyl (C=O) groups excluding carboxylic acids is 2. The fraction of sp³-hybridized carbons (Fsp3) is 0.350. The molecule has 1 saturated heterocycles. The predicted molar refractivity (Wildman–Crippen MR) is 101 cm³/mol. The summed E-state index contributed by atoms with van der Waals surface area (Å²) in [5, 5.41) is 0.666. The molecule has 1 aliphatic heterocycles. The van der Waals surface area contributed by atoms with Crippen LogP contribution in [0.15, 0.2) is 48.8 Å². The Morgan fingerprint density at radius 1 is 0.923 bits per heavy atom. The number of amides is 2. The van der Waals surface area contributed by atoms with Gasteiger partial charge in [0.05, 0.1) is 6.42 Å². The molecule has 2 heterocycles. The summed E-state index contributed by atoms with van der Waals surface area (Å²) in [6, 6.07) is 11.2. The number of aromatic nitrogens is 1. The van der Waals surface area contributed by atoms with Crippen molar-refractivity contribution in [3.63, 3.8) is 0 Å². The van der Waals surface area contributed by atoms with Crippen molar-refractivity contribution in [2.24, 2.45) is 0 Å².